The number of rotatable bonds is 5. The second-order valence-corrected chi connectivity index (χ2v) is 6.67. The zero-order valence-corrected chi connectivity index (χ0v) is 14.5. The average molecular weight is 348 g/mol. The maximum absolute atomic E-state index is 12.2. The van der Waals surface area contributed by atoms with E-state index in [0.29, 0.717) is 17.5 Å². The van der Waals surface area contributed by atoms with Crippen LogP contribution in [0.2, 0.25) is 0 Å². The lowest BCUT2D eigenvalue weighted by Crippen LogP contribution is -2.33. The van der Waals surface area contributed by atoms with Crippen LogP contribution in [0.1, 0.15) is 31.5 Å². The molecule has 1 fully saturated rings. The van der Waals surface area contributed by atoms with Crippen molar-refractivity contribution in [3.8, 4) is 0 Å². The van der Waals surface area contributed by atoms with Gasteiger partial charge in [-0.15, -0.1) is 11.3 Å². The second kappa shape index (κ2) is 7.10. The molecule has 0 aromatic carbocycles. The summed E-state index contributed by atoms with van der Waals surface area (Å²) in [5, 5.41) is 12.2. The Morgan fingerprint density at radius 3 is 2.96 bits per heavy atom. The Hall–Kier alpha value is -2.26. The Balaban J connectivity index is 1.61. The third kappa shape index (κ3) is 3.98. The highest BCUT2D eigenvalue weighted by Crippen LogP contribution is 2.33. The Kier molecular flexibility index (Phi) is 4.91. The molecule has 1 atom stereocenters. The molecule has 0 saturated carbocycles. The first kappa shape index (κ1) is 16.6. The van der Waals surface area contributed by atoms with E-state index in [0.717, 1.165) is 25.1 Å². The van der Waals surface area contributed by atoms with Crippen molar-refractivity contribution >= 4 is 34.1 Å². The summed E-state index contributed by atoms with van der Waals surface area (Å²) in [4.78, 5) is 29.9. The summed E-state index contributed by atoms with van der Waals surface area (Å²) in [5.41, 5.74) is 0.909. The molecule has 128 valence electrons. The summed E-state index contributed by atoms with van der Waals surface area (Å²) in [6.07, 6.45) is 3.77. The molecule has 2 aromatic heterocycles. The van der Waals surface area contributed by atoms with Gasteiger partial charge in [-0.3, -0.25) is 19.2 Å². The summed E-state index contributed by atoms with van der Waals surface area (Å²) in [5.74, 6) is 0.340. The summed E-state index contributed by atoms with van der Waals surface area (Å²) in [7, 11) is 1.81. The molecular weight excluding hydrogens is 328 g/mol. The fraction of sp³-hybridized carbons (Fsp3) is 0.467. The molecule has 1 saturated heterocycles. The lowest BCUT2D eigenvalue weighted by atomic mass is 10.2. The van der Waals surface area contributed by atoms with Crippen molar-refractivity contribution in [3.05, 3.63) is 23.3 Å². The molecule has 0 radical (unpaired) electrons. The zero-order valence-electron chi connectivity index (χ0n) is 13.7. The topological polar surface area (TPSA) is 92.1 Å². The molecule has 3 rings (SSSR count). The summed E-state index contributed by atoms with van der Waals surface area (Å²) < 4.78 is 1.65. The number of hydrogen-bond donors (Lipinski definition) is 2. The van der Waals surface area contributed by atoms with E-state index in [-0.39, 0.29) is 17.9 Å². The maximum atomic E-state index is 12.2. The monoisotopic (exact) mass is 348 g/mol. The van der Waals surface area contributed by atoms with Crippen LogP contribution in [0.5, 0.6) is 0 Å². The minimum Gasteiger partial charge on any atom is -0.308 e. The van der Waals surface area contributed by atoms with E-state index in [1.165, 1.54) is 18.3 Å². The normalized spacial score (nSPS) is 17.8. The highest BCUT2D eigenvalue weighted by atomic mass is 32.1. The van der Waals surface area contributed by atoms with E-state index in [9.17, 15) is 9.59 Å². The number of nitrogens with zero attached hydrogens (tertiary/aromatic N) is 4. The molecule has 1 aliphatic rings. The molecule has 2 aromatic rings. The predicted molar refractivity (Wildman–Crippen MR) is 91.8 cm³/mol. The van der Waals surface area contributed by atoms with Crippen LogP contribution in [-0.4, -0.2) is 44.6 Å². The van der Waals surface area contributed by atoms with E-state index in [1.54, 1.807) is 24.0 Å². The highest BCUT2D eigenvalue weighted by Gasteiger charge is 2.29. The third-order valence-electron chi connectivity index (χ3n) is 3.84. The van der Waals surface area contributed by atoms with E-state index < -0.39 is 0 Å². The van der Waals surface area contributed by atoms with Crippen molar-refractivity contribution in [2.75, 3.05) is 23.7 Å². The maximum Gasteiger partial charge on any atom is 0.239 e. The van der Waals surface area contributed by atoms with Crippen LogP contribution in [0.15, 0.2) is 17.6 Å². The lowest BCUT2D eigenvalue weighted by Gasteiger charge is -2.22. The van der Waals surface area contributed by atoms with Gasteiger partial charge in [0.05, 0.1) is 18.3 Å². The second-order valence-electron chi connectivity index (χ2n) is 5.81. The lowest BCUT2D eigenvalue weighted by molar-refractivity contribution is -0.117. The summed E-state index contributed by atoms with van der Waals surface area (Å²) in [6, 6.07) is 1.87. The van der Waals surface area contributed by atoms with E-state index in [2.05, 4.69) is 25.6 Å². The molecule has 0 spiro atoms. The first-order valence-corrected chi connectivity index (χ1v) is 8.66. The third-order valence-corrected chi connectivity index (χ3v) is 4.61. The minimum atomic E-state index is -0.131. The molecular formula is C15H20N6O2S. The van der Waals surface area contributed by atoms with Crippen LogP contribution in [0.3, 0.4) is 0 Å². The van der Waals surface area contributed by atoms with Crippen molar-refractivity contribution in [3.63, 3.8) is 0 Å². The van der Waals surface area contributed by atoms with Crippen molar-refractivity contribution in [1.29, 1.82) is 0 Å². The van der Waals surface area contributed by atoms with Crippen LogP contribution in [0.25, 0.3) is 0 Å². The average Bonchev–Trinajstić information content (AvgIpc) is 3.20. The molecule has 2 N–H and O–H groups in total. The van der Waals surface area contributed by atoms with Crippen molar-refractivity contribution in [2.24, 2.45) is 7.05 Å². The Morgan fingerprint density at radius 1 is 1.42 bits per heavy atom. The number of carbonyl (C=O) groups is 2. The number of aromatic nitrogens is 3. The van der Waals surface area contributed by atoms with Crippen molar-refractivity contribution in [2.45, 2.75) is 25.8 Å². The standard InChI is InChI=1S/C15H20N6O2S/c1-10(22)16-15-17-11(9-24-15)12-4-3-6-21(12)8-14(23)18-13-5-7-20(2)19-13/h5,7,9,12H,3-4,6,8H2,1-2H3,(H,16,17,22)(H,18,19,23)/t12-/m1/s1. The minimum absolute atomic E-state index is 0.0853. The Labute approximate surface area is 143 Å². The van der Waals surface area contributed by atoms with Gasteiger partial charge in [-0.05, 0) is 19.4 Å². The molecule has 2 amide bonds. The first-order valence-electron chi connectivity index (χ1n) is 7.78. The van der Waals surface area contributed by atoms with Gasteiger partial charge in [0.2, 0.25) is 11.8 Å². The van der Waals surface area contributed by atoms with Gasteiger partial charge < -0.3 is 10.6 Å². The van der Waals surface area contributed by atoms with Crippen LogP contribution >= 0.6 is 11.3 Å². The predicted octanol–water partition coefficient (Wildman–Crippen LogP) is 1.61. The van der Waals surface area contributed by atoms with Gasteiger partial charge in [0.25, 0.3) is 0 Å². The molecule has 1 aliphatic heterocycles. The Bertz CT molecular complexity index is 740. The number of thiazole rings is 1. The highest BCUT2D eigenvalue weighted by molar-refractivity contribution is 7.13. The number of hydrogen-bond acceptors (Lipinski definition) is 6. The largest absolute Gasteiger partial charge is 0.308 e. The van der Waals surface area contributed by atoms with Crippen LogP contribution in [0, 0.1) is 0 Å². The SMILES string of the molecule is CC(=O)Nc1nc([C@H]2CCCN2CC(=O)Nc2ccn(C)n2)cs1. The zero-order chi connectivity index (χ0) is 17.1. The number of anilines is 2. The van der Waals surface area contributed by atoms with Crippen molar-refractivity contribution < 1.29 is 9.59 Å². The number of nitrogens with one attached hydrogen (secondary N) is 2. The molecule has 0 aliphatic carbocycles. The first-order chi connectivity index (χ1) is 11.5. The van der Waals surface area contributed by atoms with E-state index in [1.807, 2.05) is 5.38 Å². The van der Waals surface area contributed by atoms with Crippen molar-refractivity contribution in [1.82, 2.24) is 19.7 Å². The van der Waals surface area contributed by atoms with E-state index in [4.69, 9.17) is 0 Å². The smallest absolute Gasteiger partial charge is 0.239 e. The Morgan fingerprint density at radius 2 is 2.25 bits per heavy atom. The van der Waals surface area contributed by atoms with Gasteiger partial charge in [-0.2, -0.15) is 5.10 Å². The summed E-state index contributed by atoms with van der Waals surface area (Å²) in [6.45, 7) is 2.62. The molecule has 9 heteroatoms. The molecule has 0 bridgehead atoms. The van der Waals surface area contributed by atoms with Gasteiger partial charge in [0, 0.05) is 31.6 Å². The molecule has 24 heavy (non-hydrogen) atoms. The van der Waals surface area contributed by atoms with Gasteiger partial charge in [0.1, 0.15) is 0 Å². The van der Waals surface area contributed by atoms with E-state index >= 15 is 0 Å². The number of amides is 2. The number of likely N-dealkylation sites (tertiary alicyclic amines) is 1. The molecule has 3 heterocycles. The molecule has 0 unspecified atom stereocenters. The van der Waals surface area contributed by atoms with Gasteiger partial charge in [0.15, 0.2) is 10.9 Å². The number of aryl methyl sites for hydroxylation is 1. The fourth-order valence-corrected chi connectivity index (χ4v) is 3.65. The van der Waals surface area contributed by atoms with Crippen LogP contribution < -0.4 is 10.6 Å². The molecule has 8 nitrogen and oxygen atoms in total. The number of carbonyl (C=O) groups excluding carboxylic acids is 2. The fourth-order valence-electron chi connectivity index (χ4n) is 2.85. The van der Waals surface area contributed by atoms with Crippen LogP contribution in [-0.2, 0) is 16.6 Å². The van der Waals surface area contributed by atoms with Gasteiger partial charge in [-0.1, -0.05) is 0 Å². The summed E-state index contributed by atoms with van der Waals surface area (Å²) >= 11 is 1.41. The van der Waals surface area contributed by atoms with Gasteiger partial charge in [-0.25, -0.2) is 4.98 Å². The quantitative estimate of drug-likeness (QED) is 0.856. The van der Waals surface area contributed by atoms with Gasteiger partial charge >= 0.3 is 0 Å². The van der Waals surface area contributed by atoms with Crippen LogP contribution in [0.4, 0.5) is 10.9 Å².